The summed E-state index contributed by atoms with van der Waals surface area (Å²) in [6.45, 7) is 1.33. The van der Waals surface area contributed by atoms with Gasteiger partial charge in [-0.2, -0.15) is 0 Å². The summed E-state index contributed by atoms with van der Waals surface area (Å²) in [6, 6.07) is 5.31. The Hall–Kier alpha value is -0.180. The highest BCUT2D eigenvalue weighted by molar-refractivity contribution is 9.10. The summed E-state index contributed by atoms with van der Waals surface area (Å²) in [5.41, 5.74) is 0.637. The van der Waals surface area contributed by atoms with Crippen LogP contribution in [0.5, 0.6) is 0 Å². The summed E-state index contributed by atoms with van der Waals surface area (Å²) in [5.74, 6) is 0. The van der Waals surface area contributed by atoms with E-state index in [0.717, 1.165) is 0 Å². The van der Waals surface area contributed by atoms with Crippen LogP contribution in [0.25, 0.3) is 0 Å². The Labute approximate surface area is 79.4 Å². The molecule has 0 radical (unpaired) electrons. The molecule has 0 amide bonds. The van der Waals surface area contributed by atoms with Crippen LogP contribution in [0, 0.1) is 0 Å². The monoisotopic (exact) mass is 249 g/mol. The summed E-state index contributed by atoms with van der Waals surface area (Å²) in [4.78, 5) is 13.1. The number of hydrogen-bond acceptors (Lipinski definition) is 2. The lowest BCUT2D eigenvalue weighted by molar-refractivity contribution is 0.483. The lowest BCUT2D eigenvalue weighted by Gasteiger charge is -2.03. The van der Waals surface area contributed by atoms with Crippen molar-refractivity contribution in [3.8, 4) is 0 Å². The number of rotatable bonds is 2. The average molecular weight is 250 g/mol. The minimum Gasteiger partial charge on any atom is -0.344 e. The molecule has 0 aliphatic rings. The molecule has 0 saturated carbocycles. The van der Waals surface area contributed by atoms with Gasteiger partial charge in [0.2, 0.25) is 7.37 Å². The van der Waals surface area contributed by atoms with Gasteiger partial charge in [-0.3, -0.25) is 4.57 Å². The average Bonchev–Trinajstić information content (AvgIpc) is 1.82. The highest BCUT2D eigenvalue weighted by atomic mass is 79.9. The minimum atomic E-state index is -2.99. The number of nitrogens with zero attached hydrogens (tertiary/aromatic N) is 1. The standard InChI is InChI=1S/C7H9BrNO2P/c1-12(10,11)5-6-3-2-4-7(8)9-6/h2-4H,5H2,1H3,(H,10,11). The Morgan fingerprint density at radius 3 is 2.83 bits per heavy atom. The van der Waals surface area contributed by atoms with Gasteiger partial charge in [-0.1, -0.05) is 6.07 Å². The van der Waals surface area contributed by atoms with Crippen LogP contribution in [0.15, 0.2) is 22.8 Å². The number of aromatic nitrogens is 1. The van der Waals surface area contributed by atoms with E-state index in [1.165, 1.54) is 6.66 Å². The van der Waals surface area contributed by atoms with E-state index in [2.05, 4.69) is 20.9 Å². The molecule has 0 aromatic carbocycles. The van der Waals surface area contributed by atoms with Gasteiger partial charge < -0.3 is 4.89 Å². The molecule has 0 spiro atoms. The van der Waals surface area contributed by atoms with E-state index in [9.17, 15) is 4.57 Å². The van der Waals surface area contributed by atoms with E-state index < -0.39 is 7.37 Å². The number of pyridine rings is 1. The molecule has 66 valence electrons. The molecule has 0 fully saturated rings. The summed E-state index contributed by atoms with van der Waals surface area (Å²) in [7, 11) is -2.99. The van der Waals surface area contributed by atoms with Crippen LogP contribution in [0.3, 0.4) is 0 Å². The van der Waals surface area contributed by atoms with Crippen molar-refractivity contribution in [2.75, 3.05) is 6.66 Å². The number of hydrogen-bond donors (Lipinski definition) is 1. The zero-order valence-electron chi connectivity index (χ0n) is 6.57. The van der Waals surface area contributed by atoms with Crippen molar-refractivity contribution in [1.29, 1.82) is 0 Å². The molecule has 0 saturated heterocycles. The highest BCUT2D eigenvalue weighted by Gasteiger charge is 2.11. The second kappa shape index (κ2) is 3.69. The highest BCUT2D eigenvalue weighted by Crippen LogP contribution is 2.39. The molecule has 1 aromatic rings. The van der Waals surface area contributed by atoms with E-state index in [1.807, 2.05) is 0 Å². The molecule has 3 nitrogen and oxygen atoms in total. The molecule has 1 rings (SSSR count). The van der Waals surface area contributed by atoms with Gasteiger partial charge in [0.15, 0.2) is 0 Å². The van der Waals surface area contributed by atoms with Crippen LogP contribution in [0.1, 0.15) is 5.69 Å². The van der Waals surface area contributed by atoms with Gasteiger partial charge in [-0.05, 0) is 28.1 Å². The summed E-state index contributed by atoms with van der Waals surface area (Å²) >= 11 is 3.19. The molecule has 1 aromatic heterocycles. The van der Waals surface area contributed by atoms with Crippen LogP contribution < -0.4 is 0 Å². The fourth-order valence-corrected chi connectivity index (χ4v) is 2.00. The Bertz CT molecular complexity index is 323. The fraction of sp³-hybridized carbons (Fsp3) is 0.286. The first kappa shape index (κ1) is 9.90. The van der Waals surface area contributed by atoms with Crippen molar-refractivity contribution in [2.45, 2.75) is 6.16 Å². The van der Waals surface area contributed by atoms with Crippen molar-refractivity contribution in [2.24, 2.45) is 0 Å². The lowest BCUT2D eigenvalue weighted by Crippen LogP contribution is -1.90. The van der Waals surface area contributed by atoms with Crippen molar-refractivity contribution < 1.29 is 9.46 Å². The van der Waals surface area contributed by atoms with Crippen LogP contribution in [-0.4, -0.2) is 16.5 Å². The van der Waals surface area contributed by atoms with Gasteiger partial charge >= 0.3 is 0 Å². The first-order chi connectivity index (χ1) is 5.47. The van der Waals surface area contributed by atoms with Crippen LogP contribution >= 0.6 is 23.3 Å². The van der Waals surface area contributed by atoms with Gasteiger partial charge in [0.1, 0.15) is 4.60 Å². The van der Waals surface area contributed by atoms with Gasteiger partial charge in [-0.15, -0.1) is 0 Å². The van der Waals surface area contributed by atoms with Crippen molar-refractivity contribution in [1.82, 2.24) is 4.98 Å². The predicted molar refractivity (Wildman–Crippen MR) is 51.4 cm³/mol. The Balaban J connectivity index is 2.84. The van der Waals surface area contributed by atoms with Gasteiger partial charge in [0.25, 0.3) is 0 Å². The third-order valence-electron chi connectivity index (χ3n) is 1.23. The van der Waals surface area contributed by atoms with E-state index in [-0.39, 0.29) is 6.16 Å². The Morgan fingerprint density at radius 1 is 1.67 bits per heavy atom. The summed E-state index contributed by atoms with van der Waals surface area (Å²) in [5, 5.41) is 0. The van der Waals surface area contributed by atoms with E-state index >= 15 is 0 Å². The van der Waals surface area contributed by atoms with Gasteiger partial charge in [0, 0.05) is 6.66 Å². The lowest BCUT2D eigenvalue weighted by atomic mass is 10.4. The largest absolute Gasteiger partial charge is 0.344 e. The van der Waals surface area contributed by atoms with Gasteiger partial charge in [-0.25, -0.2) is 4.98 Å². The predicted octanol–water partition coefficient (Wildman–Crippen LogP) is 2.24. The normalized spacial score (nSPS) is 15.6. The molecular formula is C7H9BrNO2P. The third-order valence-corrected chi connectivity index (χ3v) is 2.58. The first-order valence-electron chi connectivity index (χ1n) is 3.38. The zero-order valence-corrected chi connectivity index (χ0v) is 9.05. The third kappa shape index (κ3) is 3.48. The van der Waals surface area contributed by atoms with E-state index in [1.54, 1.807) is 18.2 Å². The van der Waals surface area contributed by atoms with Crippen LogP contribution in [-0.2, 0) is 10.7 Å². The second-order valence-corrected chi connectivity index (χ2v) is 5.89. The maximum Gasteiger partial charge on any atom is 0.203 e. The molecule has 0 aliphatic heterocycles. The molecule has 5 heteroatoms. The maximum atomic E-state index is 11.0. The first-order valence-corrected chi connectivity index (χ1v) is 6.46. The molecule has 0 aliphatic carbocycles. The van der Waals surface area contributed by atoms with Crippen molar-refractivity contribution >= 4 is 23.3 Å². The SMILES string of the molecule is CP(=O)(O)Cc1cccc(Br)n1. The topological polar surface area (TPSA) is 50.2 Å². The molecule has 1 atom stereocenters. The molecule has 0 bridgehead atoms. The molecule has 1 heterocycles. The fourth-order valence-electron chi connectivity index (χ4n) is 0.839. The molecular weight excluding hydrogens is 241 g/mol. The Morgan fingerprint density at radius 2 is 2.33 bits per heavy atom. The minimum absolute atomic E-state index is 0.131. The zero-order chi connectivity index (χ0) is 9.19. The quantitative estimate of drug-likeness (QED) is 0.646. The second-order valence-electron chi connectivity index (χ2n) is 2.66. The summed E-state index contributed by atoms with van der Waals surface area (Å²) in [6.07, 6.45) is 0.131. The smallest absolute Gasteiger partial charge is 0.203 e. The molecule has 12 heavy (non-hydrogen) atoms. The maximum absolute atomic E-state index is 11.0. The van der Waals surface area contributed by atoms with Crippen molar-refractivity contribution in [3.05, 3.63) is 28.5 Å². The molecule has 1 unspecified atom stereocenters. The number of halogens is 1. The van der Waals surface area contributed by atoms with E-state index in [4.69, 9.17) is 4.89 Å². The van der Waals surface area contributed by atoms with Crippen LogP contribution in [0.2, 0.25) is 0 Å². The van der Waals surface area contributed by atoms with E-state index in [0.29, 0.717) is 10.3 Å². The van der Waals surface area contributed by atoms with Crippen molar-refractivity contribution in [3.63, 3.8) is 0 Å². The van der Waals surface area contributed by atoms with Crippen LogP contribution in [0.4, 0.5) is 0 Å². The van der Waals surface area contributed by atoms with Gasteiger partial charge in [0.05, 0.1) is 11.9 Å². The Kier molecular flexibility index (Phi) is 3.04. The molecule has 1 N–H and O–H groups in total. The summed E-state index contributed by atoms with van der Waals surface area (Å²) < 4.78 is 11.7.